The van der Waals surface area contributed by atoms with Crippen molar-refractivity contribution in [3.05, 3.63) is 64.7 Å². The van der Waals surface area contributed by atoms with Crippen molar-refractivity contribution in [3.8, 4) is 0 Å². The van der Waals surface area contributed by atoms with Crippen LogP contribution in [-0.4, -0.2) is 29.9 Å². The van der Waals surface area contributed by atoms with Gasteiger partial charge in [-0.2, -0.15) is 0 Å². The number of hydrogen-bond donors (Lipinski definition) is 2. The molecule has 2 N–H and O–H groups in total. The van der Waals surface area contributed by atoms with Gasteiger partial charge in [0, 0.05) is 30.1 Å². The minimum Gasteiger partial charge on any atom is -0.445 e. The Labute approximate surface area is 168 Å². The van der Waals surface area contributed by atoms with E-state index in [2.05, 4.69) is 10.6 Å². The Hall–Kier alpha value is -2.86. The molecule has 0 saturated carbocycles. The highest BCUT2D eigenvalue weighted by atomic mass is 35.5. The lowest BCUT2D eigenvalue weighted by Gasteiger charge is -2.33. The highest BCUT2D eigenvalue weighted by molar-refractivity contribution is 6.30. The SMILES string of the molecule is CC1(C(=O)NCCCC(=O)Nc2ccc(Cl)cc2)Cc2ccccc2C(=O)O1. The molecule has 1 atom stereocenters. The molecule has 146 valence electrons. The Balaban J connectivity index is 1.46. The van der Waals surface area contributed by atoms with Crippen molar-refractivity contribution < 1.29 is 19.1 Å². The number of benzene rings is 2. The number of amides is 2. The molecule has 0 aromatic heterocycles. The summed E-state index contributed by atoms with van der Waals surface area (Å²) in [6.45, 7) is 1.91. The van der Waals surface area contributed by atoms with Gasteiger partial charge in [0.05, 0.1) is 5.56 Å². The highest BCUT2D eigenvalue weighted by Crippen LogP contribution is 2.28. The van der Waals surface area contributed by atoms with Crippen LogP contribution in [0.1, 0.15) is 35.7 Å². The third-order valence-electron chi connectivity index (χ3n) is 4.56. The molecule has 0 spiro atoms. The van der Waals surface area contributed by atoms with Gasteiger partial charge in [-0.15, -0.1) is 0 Å². The van der Waals surface area contributed by atoms with Crippen LogP contribution in [0, 0.1) is 0 Å². The van der Waals surface area contributed by atoms with Gasteiger partial charge >= 0.3 is 5.97 Å². The van der Waals surface area contributed by atoms with E-state index in [0.717, 1.165) is 5.56 Å². The minimum absolute atomic E-state index is 0.152. The van der Waals surface area contributed by atoms with Crippen molar-refractivity contribution >= 4 is 35.1 Å². The van der Waals surface area contributed by atoms with Gasteiger partial charge < -0.3 is 15.4 Å². The van der Waals surface area contributed by atoms with E-state index in [0.29, 0.717) is 35.7 Å². The third kappa shape index (κ3) is 4.70. The Morgan fingerprint density at radius 3 is 2.61 bits per heavy atom. The van der Waals surface area contributed by atoms with E-state index >= 15 is 0 Å². The number of halogens is 1. The van der Waals surface area contributed by atoms with Crippen LogP contribution in [0.2, 0.25) is 5.02 Å². The zero-order chi connectivity index (χ0) is 20.1. The molecule has 2 aromatic carbocycles. The minimum atomic E-state index is -1.25. The first kappa shape index (κ1) is 19.9. The molecule has 0 aliphatic carbocycles. The number of nitrogens with one attached hydrogen (secondary N) is 2. The Bertz CT molecular complexity index is 898. The highest BCUT2D eigenvalue weighted by Gasteiger charge is 2.42. The molecule has 0 bridgehead atoms. The molecule has 1 unspecified atom stereocenters. The van der Waals surface area contributed by atoms with Gasteiger partial charge in [0.25, 0.3) is 5.91 Å². The van der Waals surface area contributed by atoms with Crippen LogP contribution >= 0.6 is 11.6 Å². The predicted molar refractivity (Wildman–Crippen MR) is 106 cm³/mol. The number of anilines is 1. The third-order valence-corrected chi connectivity index (χ3v) is 4.81. The van der Waals surface area contributed by atoms with Crippen molar-refractivity contribution in [2.45, 2.75) is 31.8 Å². The van der Waals surface area contributed by atoms with E-state index in [1.54, 1.807) is 43.3 Å². The summed E-state index contributed by atoms with van der Waals surface area (Å²) in [5.74, 6) is -1.02. The van der Waals surface area contributed by atoms with E-state index in [4.69, 9.17) is 16.3 Å². The average molecular weight is 401 g/mol. The van der Waals surface area contributed by atoms with Crippen molar-refractivity contribution in [2.75, 3.05) is 11.9 Å². The number of carbonyl (C=O) groups excluding carboxylic acids is 3. The molecule has 1 aliphatic heterocycles. The van der Waals surface area contributed by atoms with E-state index in [1.807, 2.05) is 12.1 Å². The standard InChI is InChI=1S/C21H21ClN2O4/c1-21(13-14-5-2-3-6-17(14)19(26)28-21)20(27)23-12-4-7-18(25)24-16-10-8-15(22)9-11-16/h2-3,5-6,8-11H,4,7,12-13H2,1H3,(H,23,27)(H,24,25). The normalized spacial score (nSPS) is 18.0. The van der Waals surface area contributed by atoms with Crippen molar-refractivity contribution in [3.63, 3.8) is 0 Å². The van der Waals surface area contributed by atoms with Crippen LogP contribution in [0.3, 0.4) is 0 Å². The van der Waals surface area contributed by atoms with Crippen LogP contribution < -0.4 is 10.6 Å². The number of rotatable bonds is 6. The van der Waals surface area contributed by atoms with Crippen LogP contribution in [0.4, 0.5) is 5.69 Å². The zero-order valence-electron chi connectivity index (χ0n) is 15.5. The Morgan fingerprint density at radius 1 is 1.14 bits per heavy atom. The molecule has 7 heteroatoms. The molecule has 2 aromatic rings. The quantitative estimate of drug-likeness (QED) is 0.575. The summed E-state index contributed by atoms with van der Waals surface area (Å²) >= 11 is 5.81. The molecular weight excluding hydrogens is 380 g/mol. The molecule has 6 nitrogen and oxygen atoms in total. The fraction of sp³-hybridized carbons (Fsp3) is 0.286. The zero-order valence-corrected chi connectivity index (χ0v) is 16.2. The predicted octanol–water partition coefficient (Wildman–Crippen LogP) is 3.35. The van der Waals surface area contributed by atoms with Crippen LogP contribution in [0.25, 0.3) is 0 Å². The Kier molecular flexibility index (Phi) is 5.99. The Morgan fingerprint density at radius 2 is 1.86 bits per heavy atom. The number of esters is 1. The number of ether oxygens (including phenoxy) is 1. The monoisotopic (exact) mass is 400 g/mol. The molecule has 1 aliphatic rings. The van der Waals surface area contributed by atoms with E-state index < -0.39 is 11.6 Å². The summed E-state index contributed by atoms with van der Waals surface area (Å²) in [4.78, 5) is 36.7. The second-order valence-electron chi connectivity index (χ2n) is 6.87. The molecular formula is C21H21ClN2O4. The molecule has 0 radical (unpaired) electrons. The van der Waals surface area contributed by atoms with Gasteiger partial charge in [0.15, 0.2) is 5.60 Å². The van der Waals surface area contributed by atoms with Gasteiger partial charge in [-0.1, -0.05) is 29.8 Å². The van der Waals surface area contributed by atoms with Gasteiger partial charge in [0.2, 0.25) is 5.91 Å². The van der Waals surface area contributed by atoms with Crippen LogP contribution in [-0.2, 0) is 20.7 Å². The van der Waals surface area contributed by atoms with E-state index in [-0.39, 0.29) is 18.2 Å². The molecule has 1 heterocycles. The number of fused-ring (bicyclic) bond motifs is 1. The van der Waals surface area contributed by atoms with E-state index in [1.165, 1.54) is 0 Å². The summed E-state index contributed by atoms with van der Waals surface area (Å²) in [6, 6.07) is 13.9. The maximum atomic E-state index is 12.5. The number of carbonyl (C=O) groups is 3. The van der Waals surface area contributed by atoms with Gasteiger partial charge in [-0.05, 0) is 49.2 Å². The first-order valence-electron chi connectivity index (χ1n) is 9.02. The number of cyclic esters (lactones) is 1. The van der Waals surface area contributed by atoms with Crippen molar-refractivity contribution in [1.82, 2.24) is 5.32 Å². The largest absolute Gasteiger partial charge is 0.445 e. The fourth-order valence-electron chi connectivity index (χ4n) is 3.05. The summed E-state index contributed by atoms with van der Waals surface area (Å²) in [6.07, 6.45) is 1.03. The molecule has 0 saturated heterocycles. The van der Waals surface area contributed by atoms with Crippen molar-refractivity contribution in [2.24, 2.45) is 0 Å². The average Bonchev–Trinajstić information content (AvgIpc) is 2.67. The fourth-order valence-corrected chi connectivity index (χ4v) is 3.18. The molecule has 28 heavy (non-hydrogen) atoms. The second kappa shape index (κ2) is 8.44. The molecule has 3 rings (SSSR count). The van der Waals surface area contributed by atoms with Gasteiger partial charge in [-0.25, -0.2) is 4.79 Å². The van der Waals surface area contributed by atoms with Crippen molar-refractivity contribution in [1.29, 1.82) is 0 Å². The van der Waals surface area contributed by atoms with Gasteiger partial charge in [0.1, 0.15) is 0 Å². The van der Waals surface area contributed by atoms with Gasteiger partial charge in [-0.3, -0.25) is 9.59 Å². The molecule has 0 fully saturated rings. The summed E-state index contributed by atoms with van der Waals surface area (Å²) < 4.78 is 5.39. The number of hydrogen-bond acceptors (Lipinski definition) is 4. The lowest BCUT2D eigenvalue weighted by Crippen LogP contribution is -2.51. The smallest absolute Gasteiger partial charge is 0.339 e. The summed E-state index contributed by atoms with van der Waals surface area (Å²) in [5.41, 5.74) is 0.695. The lowest BCUT2D eigenvalue weighted by atomic mass is 9.89. The summed E-state index contributed by atoms with van der Waals surface area (Å²) in [5, 5.41) is 6.12. The topological polar surface area (TPSA) is 84.5 Å². The molecule has 2 amide bonds. The van der Waals surface area contributed by atoms with E-state index in [9.17, 15) is 14.4 Å². The first-order valence-corrected chi connectivity index (χ1v) is 9.40. The first-order chi connectivity index (χ1) is 13.4. The maximum absolute atomic E-state index is 12.5. The second-order valence-corrected chi connectivity index (χ2v) is 7.31. The lowest BCUT2D eigenvalue weighted by molar-refractivity contribution is -0.139. The maximum Gasteiger partial charge on any atom is 0.339 e. The van der Waals surface area contributed by atoms with Crippen LogP contribution in [0.5, 0.6) is 0 Å². The van der Waals surface area contributed by atoms with Crippen LogP contribution in [0.15, 0.2) is 48.5 Å². The summed E-state index contributed by atoms with van der Waals surface area (Å²) in [7, 11) is 0.